The summed E-state index contributed by atoms with van der Waals surface area (Å²) in [6, 6.07) is 23.2. The van der Waals surface area contributed by atoms with Gasteiger partial charge in [0.2, 0.25) is 0 Å². The summed E-state index contributed by atoms with van der Waals surface area (Å²) in [5.74, 6) is 0.264. The Labute approximate surface area is 202 Å². The Morgan fingerprint density at radius 3 is 2.32 bits per heavy atom. The van der Waals surface area contributed by atoms with Crippen molar-refractivity contribution in [2.45, 2.75) is 45.3 Å². The summed E-state index contributed by atoms with van der Waals surface area (Å²) < 4.78 is 18.3. The lowest BCUT2D eigenvalue weighted by molar-refractivity contribution is 0.117. The number of piperidine rings is 1. The highest BCUT2D eigenvalue weighted by molar-refractivity contribution is 5.67. The molecule has 0 spiro atoms. The number of halogens is 1. The number of aryl methyl sites for hydroxylation is 1. The first-order valence-corrected chi connectivity index (χ1v) is 12.0. The number of carbonyl (C=O) groups is 1. The summed E-state index contributed by atoms with van der Waals surface area (Å²) in [6.45, 7) is 6.05. The van der Waals surface area contributed by atoms with Crippen molar-refractivity contribution in [2.75, 3.05) is 20.2 Å². The quantitative estimate of drug-likeness (QED) is 0.416. The van der Waals surface area contributed by atoms with Gasteiger partial charge in [0.05, 0.1) is 7.11 Å². The smallest absolute Gasteiger partial charge is 0.410 e. The third kappa shape index (κ3) is 6.03. The zero-order valence-electron chi connectivity index (χ0n) is 20.0. The Hall–Kier alpha value is -3.18. The zero-order chi connectivity index (χ0) is 23.9. The van der Waals surface area contributed by atoms with Crippen molar-refractivity contribution < 1.29 is 13.9 Å². The van der Waals surface area contributed by atoms with Gasteiger partial charge < -0.3 is 4.74 Å². The average Bonchev–Trinajstić information content (AvgIpc) is 2.86. The van der Waals surface area contributed by atoms with Crippen LogP contribution in [0.1, 0.15) is 46.6 Å². The maximum Gasteiger partial charge on any atom is 0.410 e. The Balaban J connectivity index is 1.47. The maximum atomic E-state index is 13.2. The van der Waals surface area contributed by atoms with Crippen molar-refractivity contribution >= 4 is 6.09 Å². The van der Waals surface area contributed by atoms with Crippen LogP contribution >= 0.6 is 0 Å². The summed E-state index contributed by atoms with van der Waals surface area (Å²) >= 11 is 0. The Kier molecular flexibility index (Phi) is 7.96. The number of benzene rings is 3. The number of ether oxygens (including phenoxy) is 1. The molecule has 0 aliphatic carbocycles. The molecule has 0 aromatic heterocycles. The highest BCUT2D eigenvalue weighted by Crippen LogP contribution is 2.34. The minimum Gasteiger partial charge on any atom is -0.453 e. The monoisotopic (exact) mass is 460 g/mol. The lowest BCUT2D eigenvalue weighted by atomic mass is 9.83. The molecule has 5 heteroatoms. The molecule has 0 N–H and O–H groups in total. The third-order valence-corrected chi connectivity index (χ3v) is 6.74. The van der Waals surface area contributed by atoms with Crippen molar-refractivity contribution in [3.8, 4) is 0 Å². The number of hydrogen-bond acceptors (Lipinski definition) is 3. The first-order valence-electron chi connectivity index (χ1n) is 12.0. The largest absolute Gasteiger partial charge is 0.453 e. The van der Waals surface area contributed by atoms with Gasteiger partial charge in [0.1, 0.15) is 5.82 Å². The first kappa shape index (κ1) is 24.0. The Morgan fingerprint density at radius 1 is 0.941 bits per heavy atom. The average molecular weight is 461 g/mol. The molecular weight excluding hydrogens is 427 g/mol. The van der Waals surface area contributed by atoms with E-state index in [1.165, 1.54) is 35.9 Å². The zero-order valence-corrected chi connectivity index (χ0v) is 20.0. The molecule has 34 heavy (non-hydrogen) atoms. The second-order valence-electron chi connectivity index (χ2n) is 9.14. The van der Waals surface area contributed by atoms with Gasteiger partial charge in [0.25, 0.3) is 0 Å². The lowest BCUT2D eigenvalue weighted by Crippen LogP contribution is -2.34. The molecule has 0 atom stereocenters. The van der Waals surface area contributed by atoms with E-state index in [2.05, 4.69) is 30.0 Å². The van der Waals surface area contributed by atoms with Crippen molar-refractivity contribution in [2.24, 2.45) is 0 Å². The van der Waals surface area contributed by atoms with Crippen molar-refractivity contribution in [1.29, 1.82) is 0 Å². The van der Waals surface area contributed by atoms with Crippen LogP contribution in [0.5, 0.6) is 0 Å². The first-order chi connectivity index (χ1) is 16.5. The molecule has 3 aromatic carbocycles. The van der Waals surface area contributed by atoms with Crippen molar-refractivity contribution in [3.05, 3.63) is 106 Å². The van der Waals surface area contributed by atoms with Crippen LogP contribution in [-0.2, 0) is 24.4 Å². The molecule has 1 heterocycles. The van der Waals surface area contributed by atoms with Gasteiger partial charge in [-0.25, -0.2) is 9.18 Å². The SMILES string of the molecule is COC(=O)N(Cc1ccccc1)Cc1cccc(C)c1C1CCN(Cc2ccc(F)cc2)CC1. The van der Waals surface area contributed by atoms with E-state index < -0.39 is 0 Å². The highest BCUT2D eigenvalue weighted by atomic mass is 19.1. The van der Waals surface area contributed by atoms with Crippen molar-refractivity contribution in [3.63, 3.8) is 0 Å². The van der Waals surface area contributed by atoms with Crippen molar-refractivity contribution in [1.82, 2.24) is 9.80 Å². The maximum absolute atomic E-state index is 13.2. The molecule has 0 saturated carbocycles. The number of hydrogen-bond donors (Lipinski definition) is 0. The minimum absolute atomic E-state index is 0.192. The molecule has 178 valence electrons. The van der Waals surface area contributed by atoms with E-state index in [1.807, 2.05) is 42.5 Å². The summed E-state index contributed by atoms with van der Waals surface area (Å²) in [4.78, 5) is 16.8. The van der Waals surface area contributed by atoms with Gasteiger partial charge in [-0.15, -0.1) is 0 Å². The van der Waals surface area contributed by atoms with Crippen LogP contribution in [-0.4, -0.2) is 36.1 Å². The fourth-order valence-corrected chi connectivity index (χ4v) is 5.01. The van der Waals surface area contributed by atoms with Gasteiger partial charge >= 0.3 is 6.09 Å². The normalized spacial score (nSPS) is 14.7. The molecule has 0 unspecified atom stereocenters. The van der Waals surface area contributed by atoms with E-state index in [4.69, 9.17) is 4.74 Å². The predicted octanol–water partition coefficient (Wildman–Crippen LogP) is 6.28. The standard InChI is InChI=1S/C29H33FN2O2/c1-22-7-6-10-26(21-32(29(33)34-2)20-23-8-4-3-5-9-23)28(22)25-15-17-31(18-16-25)19-24-11-13-27(30)14-12-24/h3-14,25H,15-21H2,1-2H3. The molecule has 4 rings (SSSR count). The van der Waals surface area contributed by atoms with Crippen LogP contribution in [0, 0.1) is 12.7 Å². The second-order valence-corrected chi connectivity index (χ2v) is 9.14. The fourth-order valence-electron chi connectivity index (χ4n) is 5.01. The molecule has 0 radical (unpaired) electrons. The summed E-state index contributed by atoms with van der Waals surface area (Å²) in [5, 5.41) is 0. The van der Waals surface area contributed by atoms with Gasteiger partial charge in [0.15, 0.2) is 0 Å². The van der Waals surface area contributed by atoms with E-state index in [0.29, 0.717) is 19.0 Å². The van der Waals surface area contributed by atoms with E-state index in [0.717, 1.165) is 43.6 Å². The molecule has 3 aromatic rings. The topological polar surface area (TPSA) is 32.8 Å². The Morgan fingerprint density at radius 2 is 1.65 bits per heavy atom. The molecule has 1 fully saturated rings. The molecule has 1 saturated heterocycles. The van der Waals surface area contributed by atoms with E-state index in [-0.39, 0.29) is 11.9 Å². The number of nitrogens with zero attached hydrogens (tertiary/aromatic N) is 2. The molecule has 1 aliphatic heterocycles. The van der Waals surface area contributed by atoms with E-state index >= 15 is 0 Å². The second kappa shape index (κ2) is 11.3. The highest BCUT2D eigenvalue weighted by Gasteiger charge is 2.25. The number of carbonyl (C=O) groups excluding carboxylic acids is 1. The Bertz CT molecular complexity index is 1080. The summed E-state index contributed by atoms with van der Waals surface area (Å²) in [7, 11) is 1.44. The molecule has 1 amide bonds. The van der Waals surface area contributed by atoms with Gasteiger partial charge in [-0.1, -0.05) is 60.7 Å². The van der Waals surface area contributed by atoms with Gasteiger partial charge in [0, 0.05) is 19.6 Å². The van der Waals surface area contributed by atoms with E-state index in [1.54, 1.807) is 4.90 Å². The summed E-state index contributed by atoms with van der Waals surface area (Å²) in [6.07, 6.45) is 1.82. The lowest BCUT2D eigenvalue weighted by Gasteiger charge is -2.34. The van der Waals surface area contributed by atoms with Crippen LogP contribution in [0.3, 0.4) is 0 Å². The summed E-state index contributed by atoms with van der Waals surface area (Å²) in [5.41, 5.74) is 6.06. The van der Waals surface area contributed by atoms with Crippen LogP contribution in [0.2, 0.25) is 0 Å². The van der Waals surface area contributed by atoms with Crippen LogP contribution in [0.15, 0.2) is 72.8 Å². The molecule has 0 bridgehead atoms. The number of rotatable bonds is 7. The van der Waals surface area contributed by atoms with Crippen LogP contribution < -0.4 is 0 Å². The molecular formula is C29H33FN2O2. The number of methoxy groups -OCH3 is 1. The predicted molar refractivity (Wildman–Crippen MR) is 133 cm³/mol. The van der Waals surface area contributed by atoms with Crippen LogP contribution in [0.4, 0.5) is 9.18 Å². The number of likely N-dealkylation sites (tertiary alicyclic amines) is 1. The van der Waals surface area contributed by atoms with E-state index in [9.17, 15) is 9.18 Å². The van der Waals surface area contributed by atoms with Gasteiger partial charge in [-0.05, 0) is 78.7 Å². The molecule has 4 nitrogen and oxygen atoms in total. The fraction of sp³-hybridized carbons (Fsp3) is 0.345. The van der Waals surface area contributed by atoms with Gasteiger partial charge in [-0.3, -0.25) is 9.80 Å². The van der Waals surface area contributed by atoms with Crippen LogP contribution in [0.25, 0.3) is 0 Å². The third-order valence-electron chi connectivity index (χ3n) is 6.74. The number of amides is 1. The van der Waals surface area contributed by atoms with Gasteiger partial charge in [-0.2, -0.15) is 0 Å². The molecule has 1 aliphatic rings. The minimum atomic E-state index is -0.314.